The highest BCUT2D eigenvalue weighted by Gasteiger charge is 2.49. The molecule has 0 aliphatic heterocycles. The molecule has 1 saturated carbocycles. The van der Waals surface area contributed by atoms with E-state index in [9.17, 15) is 14.4 Å². The van der Waals surface area contributed by atoms with Crippen molar-refractivity contribution < 1.29 is 19.1 Å². The van der Waals surface area contributed by atoms with Crippen LogP contribution in [0.15, 0.2) is 60.7 Å². The molecular formula is C33H35N5O4S. The van der Waals surface area contributed by atoms with Gasteiger partial charge in [-0.25, -0.2) is 0 Å². The number of nitrogens with two attached hydrogens (primary N) is 3. The van der Waals surface area contributed by atoms with Gasteiger partial charge >= 0.3 is 0 Å². The quantitative estimate of drug-likeness (QED) is 0.195. The molecule has 2 amide bonds. The first kappa shape index (κ1) is 28.9. The van der Waals surface area contributed by atoms with Crippen LogP contribution in [0.5, 0.6) is 11.5 Å². The van der Waals surface area contributed by atoms with E-state index in [4.69, 9.17) is 21.9 Å². The maximum atomic E-state index is 14.2. The zero-order valence-corrected chi connectivity index (χ0v) is 24.9. The van der Waals surface area contributed by atoms with Crippen molar-refractivity contribution in [3.05, 3.63) is 87.8 Å². The second-order valence-electron chi connectivity index (χ2n) is 11.3. The summed E-state index contributed by atoms with van der Waals surface area (Å²) in [5.41, 5.74) is 21.5. The van der Waals surface area contributed by atoms with Gasteiger partial charge in [0.25, 0.3) is 5.91 Å². The SMILES string of the molecule is CCC(=O)N[C@H]1CCC[C@H]1NC(=O)c1sc2c(N)ccc3c2c1C(N)C(=O)C3(N)c1ccc(Oc2ccccc2)cc1C. The zero-order valence-electron chi connectivity index (χ0n) is 24.1. The molecule has 1 fully saturated rings. The fourth-order valence-electron chi connectivity index (χ4n) is 6.44. The molecule has 0 bridgehead atoms. The van der Waals surface area contributed by atoms with Gasteiger partial charge < -0.3 is 32.6 Å². The maximum Gasteiger partial charge on any atom is 0.262 e. The number of rotatable bonds is 7. The summed E-state index contributed by atoms with van der Waals surface area (Å²) in [5.74, 6) is 0.505. The van der Waals surface area contributed by atoms with Gasteiger partial charge in [-0.2, -0.15) is 0 Å². The number of hydrogen-bond acceptors (Lipinski definition) is 8. The van der Waals surface area contributed by atoms with E-state index in [2.05, 4.69) is 10.6 Å². The second-order valence-corrected chi connectivity index (χ2v) is 12.4. The van der Waals surface area contributed by atoms with Crippen LogP contribution in [0.2, 0.25) is 0 Å². The van der Waals surface area contributed by atoms with E-state index in [1.54, 1.807) is 31.2 Å². The number of anilines is 1. The van der Waals surface area contributed by atoms with Crippen molar-refractivity contribution in [2.75, 3.05) is 5.73 Å². The minimum Gasteiger partial charge on any atom is -0.457 e. The molecule has 2 aliphatic rings. The number of carbonyl (C=O) groups is 3. The third kappa shape index (κ3) is 4.85. The molecule has 9 nitrogen and oxygen atoms in total. The summed E-state index contributed by atoms with van der Waals surface area (Å²) >= 11 is 1.22. The summed E-state index contributed by atoms with van der Waals surface area (Å²) in [7, 11) is 0. The van der Waals surface area contributed by atoms with Crippen LogP contribution in [0.25, 0.3) is 10.1 Å². The molecule has 6 rings (SSSR count). The van der Waals surface area contributed by atoms with Gasteiger partial charge in [-0.05, 0) is 73.2 Å². The number of thiophene rings is 1. The summed E-state index contributed by atoms with van der Waals surface area (Å²) in [6, 6.07) is 16.8. The lowest BCUT2D eigenvalue weighted by atomic mass is 9.69. The molecule has 0 radical (unpaired) electrons. The first-order valence-electron chi connectivity index (χ1n) is 14.5. The monoisotopic (exact) mass is 597 g/mol. The van der Waals surface area contributed by atoms with Crippen LogP contribution in [-0.4, -0.2) is 29.7 Å². The molecule has 4 aromatic rings. The number of nitrogens with one attached hydrogen (secondary N) is 2. The fourth-order valence-corrected chi connectivity index (χ4v) is 7.65. The average molecular weight is 598 g/mol. The average Bonchev–Trinajstić information content (AvgIpc) is 3.61. The van der Waals surface area contributed by atoms with Crippen molar-refractivity contribution in [2.24, 2.45) is 11.5 Å². The Morgan fingerprint density at radius 2 is 1.70 bits per heavy atom. The van der Waals surface area contributed by atoms with Crippen molar-refractivity contribution in [3.8, 4) is 11.5 Å². The summed E-state index contributed by atoms with van der Waals surface area (Å²) in [6.45, 7) is 3.68. The van der Waals surface area contributed by atoms with Gasteiger partial charge in [-0.15, -0.1) is 11.3 Å². The van der Waals surface area contributed by atoms with E-state index < -0.39 is 17.4 Å². The number of Topliss-reactive ketones (excluding diaryl/α,β-unsaturated/α-hetero) is 1. The number of ether oxygens (including phenoxy) is 1. The van der Waals surface area contributed by atoms with Crippen molar-refractivity contribution in [3.63, 3.8) is 0 Å². The normalized spacial score (nSPS) is 22.9. The van der Waals surface area contributed by atoms with Crippen molar-refractivity contribution in [2.45, 2.75) is 63.2 Å². The van der Waals surface area contributed by atoms with Gasteiger partial charge in [-0.3, -0.25) is 14.4 Å². The molecule has 0 saturated heterocycles. The molecule has 3 aromatic carbocycles. The largest absolute Gasteiger partial charge is 0.457 e. The highest BCUT2D eigenvalue weighted by atomic mass is 32.1. The van der Waals surface area contributed by atoms with Gasteiger partial charge in [-0.1, -0.05) is 37.3 Å². The lowest BCUT2D eigenvalue weighted by Gasteiger charge is -2.37. The predicted molar refractivity (Wildman–Crippen MR) is 168 cm³/mol. The summed E-state index contributed by atoms with van der Waals surface area (Å²) < 4.78 is 6.66. The Morgan fingerprint density at radius 3 is 2.40 bits per heavy atom. The molecule has 43 heavy (non-hydrogen) atoms. The van der Waals surface area contributed by atoms with Crippen LogP contribution >= 0.6 is 11.3 Å². The van der Waals surface area contributed by atoms with E-state index in [-0.39, 0.29) is 23.9 Å². The molecule has 1 heterocycles. The van der Waals surface area contributed by atoms with Crippen molar-refractivity contribution >= 4 is 44.7 Å². The molecular weight excluding hydrogens is 562 g/mol. The Kier molecular flexibility index (Phi) is 7.45. The molecule has 8 N–H and O–H groups in total. The van der Waals surface area contributed by atoms with Crippen LogP contribution in [0.3, 0.4) is 0 Å². The van der Waals surface area contributed by atoms with Crippen molar-refractivity contribution in [1.82, 2.24) is 10.6 Å². The highest BCUT2D eigenvalue weighted by molar-refractivity contribution is 7.21. The van der Waals surface area contributed by atoms with Gasteiger partial charge in [0.2, 0.25) is 5.91 Å². The number of nitrogen functional groups attached to an aromatic ring is 1. The fraction of sp³-hybridized carbons (Fsp3) is 0.303. The lowest BCUT2D eigenvalue weighted by molar-refractivity contribution is -0.125. The van der Waals surface area contributed by atoms with E-state index in [1.807, 2.05) is 43.3 Å². The molecule has 2 unspecified atom stereocenters. The number of carbonyl (C=O) groups excluding carboxylic acids is 3. The maximum absolute atomic E-state index is 14.2. The lowest BCUT2D eigenvalue weighted by Crippen LogP contribution is -2.53. The number of para-hydroxylation sites is 1. The van der Waals surface area contributed by atoms with Gasteiger partial charge in [0.05, 0.1) is 15.6 Å². The van der Waals surface area contributed by atoms with Crippen LogP contribution in [-0.2, 0) is 15.1 Å². The third-order valence-corrected chi connectivity index (χ3v) is 9.87. The molecule has 2 aliphatic carbocycles. The van der Waals surface area contributed by atoms with Crippen LogP contribution in [0, 0.1) is 6.92 Å². The number of ketones is 1. The Labute approximate surface area is 253 Å². The van der Waals surface area contributed by atoms with E-state index in [1.165, 1.54) is 11.3 Å². The smallest absolute Gasteiger partial charge is 0.262 e. The second kappa shape index (κ2) is 11.1. The minimum atomic E-state index is -1.57. The first-order chi connectivity index (χ1) is 20.6. The number of amides is 2. The predicted octanol–water partition coefficient (Wildman–Crippen LogP) is 4.55. The first-order valence-corrected chi connectivity index (χ1v) is 15.3. The summed E-state index contributed by atoms with van der Waals surface area (Å²) in [4.78, 5) is 40.3. The number of hydrogen-bond donors (Lipinski definition) is 5. The topological polar surface area (TPSA) is 163 Å². The minimum absolute atomic E-state index is 0.0534. The van der Waals surface area contributed by atoms with E-state index in [0.29, 0.717) is 55.3 Å². The third-order valence-electron chi connectivity index (χ3n) is 8.62. The summed E-state index contributed by atoms with van der Waals surface area (Å²) in [6.07, 6.45) is 2.79. The van der Waals surface area contributed by atoms with Crippen molar-refractivity contribution in [1.29, 1.82) is 0 Å². The molecule has 4 atom stereocenters. The molecule has 0 spiro atoms. The van der Waals surface area contributed by atoms with Crippen LogP contribution in [0.1, 0.15) is 70.6 Å². The van der Waals surface area contributed by atoms with Gasteiger partial charge in [0.1, 0.15) is 17.0 Å². The van der Waals surface area contributed by atoms with E-state index in [0.717, 1.165) is 24.8 Å². The number of benzene rings is 3. The standard InChI is InChI=1S/C33H35N5O4S/c1-3-25(39)37-23-10-7-11-24(23)38-32(41)30-27-26-21(14-15-22(34)29(26)43-30)33(36,31(40)28(27)35)20-13-12-19(16-17(20)2)42-18-8-5-4-6-9-18/h4-6,8-9,12-16,23-24,28H,3,7,10-11,34-36H2,1-2H3,(H,37,39)(H,38,41)/t23-,24+,28?,33?/m0/s1. The van der Waals surface area contributed by atoms with Gasteiger partial charge in [0, 0.05) is 35.1 Å². The number of aryl methyl sites for hydroxylation is 1. The summed E-state index contributed by atoms with van der Waals surface area (Å²) in [5, 5.41) is 6.76. The Balaban J connectivity index is 1.40. The van der Waals surface area contributed by atoms with Gasteiger partial charge in [0.15, 0.2) is 5.78 Å². The Hall–Kier alpha value is -4.25. The zero-order chi connectivity index (χ0) is 30.5. The molecule has 1 aromatic heterocycles. The highest BCUT2D eigenvalue weighted by Crippen LogP contribution is 2.50. The Morgan fingerprint density at radius 1 is 1.00 bits per heavy atom. The van der Waals surface area contributed by atoms with E-state index >= 15 is 0 Å². The van der Waals surface area contributed by atoms with Crippen LogP contribution in [0.4, 0.5) is 5.69 Å². The molecule has 10 heteroatoms. The van der Waals surface area contributed by atoms with Crippen LogP contribution < -0.4 is 32.6 Å². The Bertz CT molecular complexity index is 1750. The molecule has 222 valence electrons.